The molecule has 4 nitrogen and oxygen atoms in total. The molecule has 3 N–H and O–H groups in total. The number of nitrogens with one attached hydrogen (secondary N) is 1. The number of para-hydroxylation sites is 1. The first-order valence-corrected chi connectivity index (χ1v) is 9.08. The second-order valence-electron chi connectivity index (χ2n) is 5.64. The molecule has 0 aromatic heterocycles. The smallest absolute Gasteiger partial charge is 0.130 e. The van der Waals surface area contributed by atoms with Gasteiger partial charge in [-0.05, 0) is 79.4 Å². The van der Waals surface area contributed by atoms with Gasteiger partial charge in [-0.1, -0.05) is 18.2 Å². The summed E-state index contributed by atoms with van der Waals surface area (Å²) in [6.07, 6.45) is 0. The summed E-state index contributed by atoms with van der Waals surface area (Å²) >= 11 is 6.73. The molecule has 4 rings (SSSR count). The molecule has 0 unspecified atom stereocenters. The van der Waals surface area contributed by atoms with Crippen molar-refractivity contribution in [3.8, 4) is 22.6 Å². The van der Waals surface area contributed by atoms with Crippen LogP contribution in [0.4, 0.5) is 5.69 Å². The quantitative estimate of drug-likeness (QED) is 0.348. The first kappa shape index (κ1) is 16.2. The molecule has 0 bridgehead atoms. The maximum absolute atomic E-state index is 10.1. The molecule has 0 saturated carbocycles. The molecular weight excluding hydrogens is 448 g/mol. The van der Waals surface area contributed by atoms with E-state index >= 15 is 0 Å². The van der Waals surface area contributed by atoms with Gasteiger partial charge in [-0.2, -0.15) is 5.10 Å². The third kappa shape index (κ3) is 2.81. The number of hydrogen-bond acceptors (Lipinski definition) is 4. The van der Waals surface area contributed by atoms with Gasteiger partial charge in [0.05, 0.1) is 20.3 Å². The molecular formula is C19H12Br2N2O2. The zero-order valence-electron chi connectivity index (χ0n) is 12.8. The van der Waals surface area contributed by atoms with Gasteiger partial charge in [0.2, 0.25) is 0 Å². The number of hydrazone groups is 1. The Hall–Kier alpha value is -2.31. The number of hydrogen-bond donors (Lipinski definition) is 3. The summed E-state index contributed by atoms with van der Waals surface area (Å²) < 4.78 is 1.22. The second kappa shape index (κ2) is 6.20. The van der Waals surface area contributed by atoms with E-state index in [1.165, 1.54) is 0 Å². The van der Waals surface area contributed by atoms with Gasteiger partial charge < -0.3 is 10.2 Å². The van der Waals surface area contributed by atoms with Crippen molar-refractivity contribution in [3.63, 3.8) is 0 Å². The maximum Gasteiger partial charge on any atom is 0.130 e. The van der Waals surface area contributed by atoms with Crippen LogP contribution in [0.25, 0.3) is 11.1 Å². The Balaban J connectivity index is 1.90. The van der Waals surface area contributed by atoms with Crippen molar-refractivity contribution in [1.29, 1.82) is 0 Å². The highest BCUT2D eigenvalue weighted by Gasteiger charge is 2.28. The van der Waals surface area contributed by atoms with E-state index in [1.807, 2.05) is 42.5 Å². The predicted molar refractivity (Wildman–Crippen MR) is 106 cm³/mol. The van der Waals surface area contributed by atoms with Crippen molar-refractivity contribution in [2.45, 2.75) is 0 Å². The number of fused-ring (bicyclic) bond motifs is 3. The molecule has 0 aliphatic heterocycles. The molecule has 0 radical (unpaired) electrons. The molecule has 25 heavy (non-hydrogen) atoms. The molecule has 1 aliphatic rings. The monoisotopic (exact) mass is 458 g/mol. The standard InChI is InChI=1S/C19H12Br2N2O2/c20-15-6-11-12-7-16(21)18(25)9-14(12)19(13(11)8-17(15)24)23-22-10-4-2-1-3-5-10/h1-9,22,24-25H. The van der Waals surface area contributed by atoms with Crippen LogP contribution in [0.5, 0.6) is 11.5 Å². The van der Waals surface area contributed by atoms with Crippen LogP contribution in [0, 0.1) is 0 Å². The molecule has 0 amide bonds. The number of anilines is 1. The van der Waals surface area contributed by atoms with E-state index in [2.05, 4.69) is 42.4 Å². The molecule has 1 aliphatic carbocycles. The zero-order chi connectivity index (χ0) is 17.6. The van der Waals surface area contributed by atoms with Gasteiger partial charge in [0.15, 0.2) is 0 Å². The summed E-state index contributed by atoms with van der Waals surface area (Å²) in [5, 5.41) is 24.7. The first-order chi connectivity index (χ1) is 12.0. The Morgan fingerprint density at radius 3 is 1.76 bits per heavy atom. The average Bonchev–Trinajstić information content (AvgIpc) is 2.87. The number of phenolic OH excluding ortho intramolecular Hbond substituents is 2. The normalized spacial score (nSPS) is 11.8. The fourth-order valence-corrected chi connectivity index (χ4v) is 3.55. The minimum absolute atomic E-state index is 0.141. The van der Waals surface area contributed by atoms with E-state index in [0.29, 0.717) is 14.7 Å². The Morgan fingerprint density at radius 1 is 0.720 bits per heavy atom. The van der Waals surface area contributed by atoms with Crippen LogP contribution in [0.2, 0.25) is 0 Å². The van der Waals surface area contributed by atoms with Crippen LogP contribution in [0.1, 0.15) is 11.1 Å². The van der Waals surface area contributed by atoms with Crippen molar-refractivity contribution >= 4 is 43.3 Å². The Labute approximate surface area is 161 Å². The average molecular weight is 460 g/mol. The minimum atomic E-state index is 0.141. The molecule has 3 aromatic carbocycles. The van der Waals surface area contributed by atoms with E-state index in [1.54, 1.807) is 12.1 Å². The van der Waals surface area contributed by atoms with Crippen molar-refractivity contribution in [3.05, 3.63) is 74.7 Å². The van der Waals surface area contributed by atoms with Crippen LogP contribution < -0.4 is 5.43 Å². The summed E-state index contributed by atoms with van der Waals surface area (Å²) in [6, 6.07) is 16.7. The zero-order valence-corrected chi connectivity index (χ0v) is 16.0. The van der Waals surface area contributed by atoms with E-state index in [-0.39, 0.29) is 11.5 Å². The van der Waals surface area contributed by atoms with Crippen LogP contribution in [0.3, 0.4) is 0 Å². The lowest BCUT2D eigenvalue weighted by Gasteiger charge is -2.06. The van der Waals surface area contributed by atoms with Crippen LogP contribution >= 0.6 is 31.9 Å². The lowest BCUT2D eigenvalue weighted by Crippen LogP contribution is -2.02. The van der Waals surface area contributed by atoms with Crippen molar-refractivity contribution < 1.29 is 10.2 Å². The van der Waals surface area contributed by atoms with Crippen LogP contribution in [-0.2, 0) is 0 Å². The third-order valence-electron chi connectivity index (χ3n) is 4.04. The summed E-state index contributed by atoms with van der Waals surface area (Å²) in [5.41, 5.74) is 8.04. The van der Waals surface area contributed by atoms with E-state index in [9.17, 15) is 10.2 Å². The van der Waals surface area contributed by atoms with E-state index in [0.717, 1.165) is 27.9 Å². The van der Waals surface area contributed by atoms with Gasteiger partial charge in [-0.25, -0.2) is 0 Å². The summed E-state index contributed by atoms with van der Waals surface area (Å²) in [4.78, 5) is 0. The lowest BCUT2D eigenvalue weighted by atomic mass is 10.1. The second-order valence-corrected chi connectivity index (χ2v) is 7.35. The number of nitrogens with zero attached hydrogens (tertiary/aromatic N) is 1. The van der Waals surface area contributed by atoms with Gasteiger partial charge in [-0.15, -0.1) is 0 Å². The Bertz CT molecular complexity index is 958. The van der Waals surface area contributed by atoms with Crippen molar-refractivity contribution in [2.75, 3.05) is 5.43 Å². The largest absolute Gasteiger partial charge is 0.507 e. The van der Waals surface area contributed by atoms with E-state index in [4.69, 9.17) is 0 Å². The highest BCUT2D eigenvalue weighted by Crippen LogP contribution is 2.44. The van der Waals surface area contributed by atoms with E-state index < -0.39 is 0 Å². The first-order valence-electron chi connectivity index (χ1n) is 7.49. The SMILES string of the molecule is Oc1cc2c(cc1Br)-c1cc(Br)c(O)cc1C2=NNc1ccccc1. The fraction of sp³-hybridized carbons (Fsp3) is 0. The Morgan fingerprint density at radius 2 is 1.24 bits per heavy atom. The number of rotatable bonds is 2. The summed E-state index contributed by atoms with van der Waals surface area (Å²) in [5.74, 6) is 0.282. The van der Waals surface area contributed by atoms with Gasteiger partial charge in [0.1, 0.15) is 11.5 Å². The van der Waals surface area contributed by atoms with Gasteiger partial charge in [-0.3, -0.25) is 5.43 Å². The summed E-state index contributed by atoms with van der Waals surface area (Å²) in [7, 11) is 0. The van der Waals surface area contributed by atoms with Crippen molar-refractivity contribution in [2.24, 2.45) is 5.10 Å². The number of benzene rings is 3. The molecule has 3 aromatic rings. The topological polar surface area (TPSA) is 64.8 Å². The number of halogens is 2. The third-order valence-corrected chi connectivity index (χ3v) is 5.32. The molecule has 0 saturated heterocycles. The minimum Gasteiger partial charge on any atom is -0.507 e. The molecule has 0 spiro atoms. The summed E-state index contributed by atoms with van der Waals surface area (Å²) in [6.45, 7) is 0. The molecule has 0 fully saturated rings. The van der Waals surface area contributed by atoms with Gasteiger partial charge in [0, 0.05) is 11.1 Å². The fourth-order valence-electron chi connectivity index (χ4n) is 2.86. The highest BCUT2D eigenvalue weighted by atomic mass is 79.9. The lowest BCUT2D eigenvalue weighted by molar-refractivity contribution is 0.471. The van der Waals surface area contributed by atoms with Crippen LogP contribution in [0.15, 0.2) is 68.6 Å². The van der Waals surface area contributed by atoms with Gasteiger partial charge in [0.25, 0.3) is 0 Å². The maximum atomic E-state index is 10.1. The molecule has 6 heteroatoms. The van der Waals surface area contributed by atoms with Crippen molar-refractivity contribution in [1.82, 2.24) is 0 Å². The Kier molecular flexibility index (Phi) is 4.01. The molecule has 124 valence electrons. The molecule has 0 heterocycles. The number of phenols is 2. The van der Waals surface area contributed by atoms with Crippen LogP contribution in [-0.4, -0.2) is 15.9 Å². The number of aromatic hydroxyl groups is 2. The van der Waals surface area contributed by atoms with Gasteiger partial charge >= 0.3 is 0 Å². The molecule has 0 atom stereocenters. The highest BCUT2D eigenvalue weighted by molar-refractivity contribution is 9.11. The predicted octanol–water partition coefficient (Wildman–Crippen LogP) is 5.47.